The van der Waals surface area contributed by atoms with Gasteiger partial charge < -0.3 is 5.11 Å². The molecule has 0 aliphatic carbocycles. The third-order valence-electron chi connectivity index (χ3n) is 3.88. The molecule has 0 saturated carbocycles. The van der Waals surface area contributed by atoms with Gasteiger partial charge in [0.05, 0.1) is 11.4 Å². The van der Waals surface area contributed by atoms with Gasteiger partial charge in [0, 0.05) is 30.5 Å². The lowest BCUT2D eigenvalue weighted by Crippen LogP contribution is -2.29. The summed E-state index contributed by atoms with van der Waals surface area (Å²) in [5.41, 5.74) is 1.29. The van der Waals surface area contributed by atoms with E-state index in [2.05, 4.69) is 9.97 Å². The van der Waals surface area contributed by atoms with Crippen molar-refractivity contribution < 1.29 is 18.1 Å². The quantitative estimate of drug-likeness (QED) is 0.545. The Morgan fingerprint density at radius 2 is 2.08 bits per heavy atom. The number of pyridine rings is 1. The minimum absolute atomic E-state index is 0.0142. The number of rotatable bonds is 2. The minimum Gasteiger partial charge on any atom is -0.503 e. The first-order chi connectivity index (χ1) is 11.9. The molecule has 1 aliphatic rings. The van der Waals surface area contributed by atoms with E-state index in [0.29, 0.717) is 11.3 Å². The van der Waals surface area contributed by atoms with E-state index >= 15 is 0 Å². The van der Waals surface area contributed by atoms with Crippen LogP contribution in [0.5, 0.6) is 5.75 Å². The summed E-state index contributed by atoms with van der Waals surface area (Å²) in [5, 5.41) is 9.60. The second-order valence-corrected chi connectivity index (χ2v) is 7.63. The monoisotopic (exact) mass is 375 g/mol. The first-order valence-electron chi connectivity index (χ1n) is 7.30. The number of sulfonamides is 1. The standard InChI is InChI=1S/C16H11ClN4O3S/c17-16-18-6-5-15(19-16)21-9-11-3-4-12(8-14(11)25(21,23)24)20-7-1-2-13(22)10-20/h1-8,10H,9H2/p+1. The highest BCUT2D eigenvalue weighted by atomic mass is 35.5. The zero-order chi connectivity index (χ0) is 17.6. The first kappa shape index (κ1) is 15.8. The average Bonchev–Trinajstić information content (AvgIpc) is 2.85. The van der Waals surface area contributed by atoms with Crippen LogP contribution in [-0.4, -0.2) is 23.5 Å². The minimum atomic E-state index is -3.75. The number of anilines is 1. The topological polar surface area (TPSA) is 87.3 Å². The Bertz CT molecular complexity index is 1090. The van der Waals surface area contributed by atoms with Gasteiger partial charge in [0.1, 0.15) is 5.82 Å². The highest BCUT2D eigenvalue weighted by Crippen LogP contribution is 2.34. The van der Waals surface area contributed by atoms with Crippen molar-refractivity contribution in [3.05, 3.63) is 65.8 Å². The molecule has 126 valence electrons. The summed E-state index contributed by atoms with van der Waals surface area (Å²) in [6.45, 7) is 0.177. The lowest BCUT2D eigenvalue weighted by molar-refractivity contribution is -0.596. The molecule has 0 amide bonds. The van der Waals surface area contributed by atoms with Crippen molar-refractivity contribution in [2.45, 2.75) is 11.4 Å². The van der Waals surface area contributed by atoms with Gasteiger partial charge in [-0.15, -0.1) is 0 Å². The Morgan fingerprint density at radius 1 is 1.24 bits per heavy atom. The van der Waals surface area contributed by atoms with Crippen LogP contribution in [0.25, 0.3) is 5.69 Å². The number of nitrogens with zero attached hydrogens (tertiary/aromatic N) is 4. The molecular formula is C16H12ClN4O3S+. The van der Waals surface area contributed by atoms with E-state index in [0.717, 1.165) is 0 Å². The van der Waals surface area contributed by atoms with E-state index in [1.807, 2.05) is 0 Å². The Hall–Kier alpha value is -2.71. The Labute approximate surface area is 148 Å². The number of aromatic nitrogens is 3. The van der Waals surface area contributed by atoms with Gasteiger partial charge in [0.2, 0.25) is 17.2 Å². The third-order valence-corrected chi connectivity index (χ3v) is 5.90. The zero-order valence-corrected chi connectivity index (χ0v) is 14.3. The maximum atomic E-state index is 12.9. The van der Waals surface area contributed by atoms with E-state index in [4.69, 9.17) is 11.6 Å². The van der Waals surface area contributed by atoms with Crippen LogP contribution in [0.1, 0.15) is 5.56 Å². The summed E-state index contributed by atoms with van der Waals surface area (Å²) in [7, 11) is -3.75. The average molecular weight is 376 g/mol. The van der Waals surface area contributed by atoms with Gasteiger partial charge in [-0.3, -0.25) is 0 Å². The smallest absolute Gasteiger partial charge is 0.266 e. The number of fused-ring (bicyclic) bond motifs is 1. The molecule has 25 heavy (non-hydrogen) atoms. The molecule has 0 radical (unpaired) electrons. The molecule has 0 atom stereocenters. The number of halogens is 1. The van der Waals surface area contributed by atoms with Crippen LogP contribution in [0.2, 0.25) is 5.28 Å². The molecule has 4 rings (SSSR count). The summed E-state index contributed by atoms with van der Waals surface area (Å²) in [5.74, 6) is 0.311. The summed E-state index contributed by atoms with van der Waals surface area (Å²) in [4.78, 5) is 7.97. The Balaban J connectivity index is 1.80. The highest BCUT2D eigenvalue weighted by Gasteiger charge is 2.36. The number of hydrogen-bond acceptors (Lipinski definition) is 5. The highest BCUT2D eigenvalue weighted by molar-refractivity contribution is 7.93. The van der Waals surface area contributed by atoms with Gasteiger partial charge in [0.25, 0.3) is 10.0 Å². The maximum absolute atomic E-state index is 12.9. The second-order valence-electron chi connectivity index (χ2n) is 5.46. The lowest BCUT2D eigenvalue weighted by atomic mass is 10.2. The van der Waals surface area contributed by atoms with Crippen LogP contribution in [0.15, 0.2) is 59.9 Å². The fourth-order valence-electron chi connectivity index (χ4n) is 2.73. The molecule has 7 nitrogen and oxygen atoms in total. The molecule has 9 heteroatoms. The number of benzene rings is 1. The van der Waals surface area contributed by atoms with Gasteiger partial charge in [-0.1, -0.05) is 0 Å². The maximum Gasteiger partial charge on any atom is 0.266 e. The van der Waals surface area contributed by atoms with Crippen molar-refractivity contribution in [1.29, 1.82) is 0 Å². The van der Waals surface area contributed by atoms with Crippen LogP contribution in [0.4, 0.5) is 5.82 Å². The van der Waals surface area contributed by atoms with E-state index in [1.165, 1.54) is 22.8 Å². The van der Waals surface area contributed by atoms with Crippen LogP contribution in [0.3, 0.4) is 0 Å². The zero-order valence-electron chi connectivity index (χ0n) is 12.7. The van der Waals surface area contributed by atoms with Crippen LogP contribution < -0.4 is 8.87 Å². The van der Waals surface area contributed by atoms with E-state index in [9.17, 15) is 13.5 Å². The lowest BCUT2D eigenvalue weighted by Gasteiger charge is -2.15. The molecule has 0 bridgehead atoms. The fourth-order valence-corrected chi connectivity index (χ4v) is 4.50. The van der Waals surface area contributed by atoms with Crippen molar-refractivity contribution in [3.8, 4) is 11.4 Å². The molecule has 2 aromatic heterocycles. The fraction of sp³-hybridized carbons (Fsp3) is 0.0625. The van der Waals surface area contributed by atoms with Crippen LogP contribution in [-0.2, 0) is 16.6 Å². The van der Waals surface area contributed by atoms with Gasteiger partial charge >= 0.3 is 0 Å². The molecule has 0 unspecified atom stereocenters. The SMILES string of the molecule is O=S1(=O)c2cc(-[n+]3cccc(O)c3)ccc2CN1c1ccnc(Cl)n1. The molecule has 1 aromatic carbocycles. The van der Waals surface area contributed by atoms with Crippen molar-refractivity contribution in [3.63, 3.8) is 0 Å². The second kappa shape index (κ2) is 5.68. The normalized spacial score (nSPS) is 15.2. The van der Waals surface area contributed by atoms with Gasteiger partial charge in [0.15, 0.2) is 11.9 Å². The van der Waals surface area contributed by atoms with E-state index < -0.39 is 10.0 Å². The number of aromatic hydroxyl groups is 1. The Morgan fingerprint density at radius 3 is 2.84 bits per heavy atom. The first-order valence-corrected chi connectivity index (χ1v) is 9.12. The molecule has 3 heterocycles. The summed E-state index contributed by atoms with van der Waals surface area (Å²) in [6, 6.07) is 9.84. The molecule has 1 aliphatic heterocycles. The largest absolute Gasteiger partial charge is 0.503 e. The van der Waals surface area contributed by atoms with E-state index in [1.54, 1.807) is 41.1 Å². The van der Waals surface area contributed by atoms with Crippen LogP contribution >= 0.6 is 11.6 Å². The van der Waals surface area contributed by atoms with Gasteiger partial charge in [-0.05, 0) is 29.3 Å². The molecule has 0 spiro atoms. The summed E-state index contributed by atoms with van der Waals surface area (Å²) in [6.07, 6.45) is 4.65. The molecule has 0 fully saturated rings. The van der Waals surface area contributed by atoms with Gasteiger partial charge in [-0.2, -0.15) is 9.55 Å². The van der Waals surface area contributed by atoms with Crippen molar-refractivity contribution in [2.75, 3.05) is 4.31 Å². The van der Waals surface area contributed by atoms with E-state index in [-0.39, 0.29) is 28.3 Å². The summed E-state index contributed by atoms with van der Waals surface area (Å²) < 4.78 is 28.7. The molecule has 0 saturated heterocycles. The molecular weight excluding hydrogens is 364 g/mol. The molecule has 1 N–H and O–H groups in total. The summed E-state index contributed by atoms with van der Waals surface area (Å²) >= 11 is 5.78. The Kier molecular flexibility index (Phi) is 3.59. The van der Waals surface area contributed by atoms with Gasteiger partial charge in [-0.25, -0.2) is 17.7 Å². The number of hydrogen-bond donors (Lipinski definition) is 1. The predicted octanol–water partition coefficient (Wildman–Crippen LogP) is 1.82. The van der Waals surface area contributed by atoms with Crippen LogP contribution in [0, 0.1) is 0 Å². The predicted molar refractivity (Wildman–Crippen MR) is 90.0 cm³/mol. The van der Waals surface area contributed by atoms with Crippen molar-refractivity contribution in [2.24, 2.45) is 0 Å². The van der Waals surface area contributed by atoms with Crippen molar-refractivity contribution in [1.82, 2.24) is 9.97 Å². The molecule has 3 aromatic rings. The third kappa shape index (κ3) is 2.69. The van der Waals surface area contributed by atoms with Crippen molar-refractivity contribution >= 4 is 27.4 Å².